The molecule has 0 amide bonds. The zero-order chi connectivity index (χ0) is 34.9. The molecule has 9 aromatic rings. The molecule has 11 rings (SSSR count). The first-order chi connectivity index (χ1) is 26.3. The fraction of sp³-hybridized carbons (Fsp3) is 0.0769. The smallest absolute Gasteiger partial charge is 0.0433 e. The lowest BCUT2D eigenvalue weighted by Crippen LogP contribution is -2.01. The highest BCUT2D eigenvalue weighted by Gasteiger charge is 2.23. The number of aryl methyl sites for hydroxylation is 1. The van der Waals surface area contributed by atoms with Gasteiger partial charge in [-0.15, -0.1) is 11.3 Å². The van der Waals surface area contributed by atoms with Crippen molar-refractivity contribution in [2.45, 2.75) is 25.7 Å². The Morgan fingerprint density at radius 3 is 2.04 bits per heavy atom. The lowest BCUT2D eigenvalue weighted by atomic mass is 9.80. The van der Waals surface area contributed by atoms with Gasteiger partial charge in [-0.25, -0.2) is 0 Å². The van der Waals surface area contributed by atoms with Crippen LogP contribution in [0.15, 0.2) is 158 Å². The zero-order valence-electron chi connectivity index (χ0n) is 29.4. The Labute approximate surface area is 314 Å². The number of thiophene rings is 1. The first-order valence-electron chi connectivity index (χ1n) is 18.9. The number of hydrogen-bond acceptors (Lipinski definition) is 1. The van der Waals surface area contributed by atoms with Gasteiger partial charge in [0.25, 0.3) is 0 Å². The second kappa shape index (κ2) is 12.3. The molecule has 0 saturated carbocycles. The van der Waals surface area contributed by atoms with Gasteiger partial charge in [0.1, 0.15) is 0 Å². The quantitative estimate of drug-likeness (QED) is 0.161. The summed E-state index contributed by atoms with van der Waals surface area (Å²) in [7, 11) is 0. The van der Waals surface area contributed by atoms with Gasteiger partial charge < -0.3 is 0 Å². The van der Waals surface area contributed by atoms with E-state index in [9.17, 15) is 0 Å². The van der Waals surface area contributed by atoms with Crippen molar-refractivity contribution >= 4 is 65.2 Å². The molecule has 2 aliphatic carbocycles. The third-order valence-corrected chi connectivity index (χ3v) is 12.8. The highest BCUT2D eigenvalue weighted by Crippen LogP contribution is 2.49. The highest BCUT2D eigenvalue weighted by molar-refractivity contribution is 7.26. The molecule has 53 heavy (non-hydrogen) atoms. The number of hydrogen-bond donors (Lipinski definition) is 0. The second-order valence-corrected chi connectivity index (χ2v) is 15.6. The number of fused-ring (bicyclic) bond motifs is 7. The molecule has 0 aliphatic heterocycles. The molecular weight excluding hydrogens is 657 g/mol. The van der Waals surface area contributed by atoms with Crippen LogP contribution in [-0.2, 0) is 12.8 Å². The molecule has 0 unspecified atom stereocenters. The Balaban J connectivity index is 1.24. The van der Waals surface area contributed by atoms with Crippen molar-refractivity contribution in [3.05, 3.63) is 180 Å². The minimum atomic E-state index is 1.05. The van der Waals surface area contributed by atoms with Crippen molar-refractivity contribution in [3.8, 4) is 44.5 Å². The average molecular weight is 693 g/mol. The molecule has 0 fully saturated rings. The first-order valence-corrected chi connectivity index (χ1v) is 19.7. The van der Waals surface area contributed by atoms with Gasteiger partial charge in [-0.05, 0) is 132 Å². The van der Waals surface area contributed by atoms with Crippen LogP contribution in [0.25, 0.3) is 98.4 Å². The topological polar surface area (TPSA) is 0 Å². The van der Waals surface area contributed by atoms with Crippen LogP contribution in [0.4, 0.5) is 0 Å². The largest absolute Gasteiger partial charge is 0.135 e. The van der Waals surface area contributed by atoms with Gasteiger partial charge in [-0.2, -0.15) is 0 Å². The zero-order valence-corrected chi connectivity index (χ0v) is 30.2. The van der Waals surface area contributed by atoms with E-state index in [2.05, 4.69) is 170 Å². The van der Waals surface area contributed by atoms with E-state index in [1.807, 2.05) is 11.3 Å². The molecule has 8 aromatic carbocycles. The third kappa shape index (κ3) is 4.88. The van der Waals surface area contributed by atoms with Gasteiger partial charge in [0.2, 0.25) is 0 Å². The van der Waals surface area contributed by atoms with Gasteiger partial charge in [0.05, 0.1) is 0 Å². The standard InChI is InChI=1S/C52H36S/c1-2-14-34(15-3-1)38-29-30-45(41-18-7-6-17-40(38)41)51-44-21-9-8-20-43(44)50(37-26-25-33-13-4-5-16-35(33)31-37)48-32-36(27-28-46(48)51)39-22-12-23-47-42-19-10-11-24-49(42)53-52(39)47/h1-3,5,7-12,14-16,18-32H,4,6,13,17H2. The maximum absolute atomic E-state index is 2.50. The number of benzene rings is 8. The van der Waals surface area contributed by atoms with Crippen molar-refractivity contribution < 1.29 is 0 Å². The summed E-state index contributed by atoms with van der Waals surface area (Å²) >= 11 is 1.91. The van der Waals surface area contributed by atoms with E-state index in [1.54, 1.807) is 0 Å². The molecular formula is C52H36S. The van der Waals surface area contributed by atoms with E-state index < -0.39 is 0 Å². The fourth-order valence-corrected chi connectivity index (χ4v) is 10.4. The summed E-state index contributed by atoms with van der Waals surface area (Å²) in [5.74, 6) is 0. The van der Waals surface area contributed by atoms with Crippen LogP contribution in [0.5, 0.6) is 0 Å². The predicted molar refractivity (Wildman–Crippen MR) is 231 cm³/mol. The average Bonchev–Trinajstić information content (AvgIpc) is 3.61. The van der Waals surface area contributed by atoms with Crippen LogP contribution in [-0.4, -0.2) is 0 Å². The van der Waals surface area contributed by atoms with Crippen molar-refractivity contribution in [1.82, 2.24) is 0 Å². The third-order valence-electron chi connectivity index (χ3n) is 11.6. The maximum Gasteiger partial charge on any atom is 0.0433 e. The highest BCUT2D eigenvalue weighted by atomic mass is 32.1. The van der Waals surface area contributed by atoms with Crippen LogP contribution >= 0.6 is 11.3 Å². The van der Waals surface area contributed by atoms with Gasteiger partial charge in [0.15, 0.2) is 0 Å². The van der Waals surface area contributed by atoms with Crippen LogP contribution in [0.2, 0.25) is 0 Å². The van der Waals surface area contributed by atoms with E-state index >= 15 is 0 Å². The predicted octanol–water partition coefficient (Wildman–Crippen LogP) is 14.9. The first kappa shape index (κ1) is 30.6. The molecule has 0 atom stereocenters. The molecule has 0 saturated heterocycles. The minimum Gasteiger partial charge on any atom is -0.135 e. The monoisotopic (exact) mass is 692 g/mol. The Morgan fingerprint density at radius 2 is 1.13 bits per heavy atom. The summed E-state index contributed by atoms with van der Waals surface area (Å²) in [4.78, 5) is 0. The molecule has 250 valence electrons. The van der Waals surface area contributed by atoms with Crippen LogP contribution < -0.4 is 0 Å². The molecule has 0 bridgehead atoms. The van der Waals surface area contributed by atoms with Crippen molar-refractivity contribution in [3.63, 3.8) is 0 Å². The SMILES string of the molecule is C1=Cc2cc(-c3c4ccccc4c(-c4ccc(-c5ccccc5)c5c4C=CCC5)c4ccc(-c5cccc6c5sc5ccccc56)cc34)ccc2CC1. The summed E-state index contributed by atoms with van der Waals surface area (Å²) in [6.07, 6.45) is 13.7. The van der Waals surface area contributed by atoms with Crippen molar-refractivity contribution in [2.75, 3.05) is 0 Å². The summed E-state index contributed by atoms with van der Waals surface area (Å²) < 4.78 is 2.69. The van der Waals surface area contributed by atoms with E-state index in [0.717, 1.165) is 25.7 Å². The van der Waals surface area contributed by atoms with Crippen molar-refractivity contribution in [1.29, 1.82) is 0 Å². The summed E-state index contributed by atoms with van der Waals surface area (Å²) in [6, 6.07) is 54.9. The van der Waals surface area contributed by atoms with Gasteiger partial charge in [-0.3, -0.25) is 0 Å². The molecule has 1 heterocycles. The van der Waals surface area contributed by atoms with E-state index in [1.165, 1.54) is 108 Å². The van der Waals surface area contributed by atoms with Gasteiger partial charge in [-0.1, -0.05) is 152 Å². The summed E-state index contributed by atoms with van der Waals surface area (Å²) in [5.41, 5.74) is 16.0. The summed E-state index contributed by atoms with van der Waals surface area (Å²) in [6.45, 7) is 0. The van der Waals surface area contributed by atoms with E-state index in [0.29, 0.717) is 0 Å². The van der Waals surface area contributed by atoms with E-state index in [4.69, 9.17) is 0 Å². The molecule has 1 heteroatoms. The number of allylic oxidation sites excluding steroid dienone is 2. The molecule has 0 radical (unpaired) electrons. The lowest BCUT2D eigenvalue weighted by molar-refractivity contribution is 0.986. The molecule has 2 aliphatic rings. The van der Waals surface area contributed by atoms with Crippen LogP contribution in [0, 0.1) is 0 Å². The van der Waals surface area contributed by atoms with Gasteiger partial charge in [0, 0.05) is 20.2 Å². The number of rotatable bonds is 4. The molecule has 0 spiro atoms. The summed E-state index contributed by atoms with van der Waals surface area (Å²) in [5, 5.41) is 7.87. The Hall–Kier alpha value is -6.02. The molecule has 1 aromatic heterocycles. The molecule has 0 N–H and O–H groups in total. The normalized spacial score (nSPS) is 13.6. The second-order valence-electron chi connectivity index (χ2n) is 14.6. The molecule has 0 nitrogen and oxygen atoms in total. The van der Waals surface area contributed by atoms with Crippen molar-refractivity contribution in [2.24, 2.45) is 0 Å². The minimum absolute atomic E-state index is 1.05. The van der Waals surface area contributed by atoms with Crippen LogP contribution in [0.3, 0.4) is 0 Å². The van der Waals surface area contributed by atoms with Crippen LogP contribution in [0.1, 0.15) is 35.1 Å². The fourth-order valence-electron chi connectivity index (χ4n) is 9.16. The maximum atomic E-state index is 2.50. The Morgan fingerprint density at radius 1 is 0.415 bits per heavy atom. The van der Waals surface area contributed by atoms with E-state index in [-0.39, 0.29) is 0 Å². The lowest BCUT2D eigenvalue weighted by Gasteiger charge is -2.24. The van der Waals surface area contributed by atoms with Gasteiger partial charge >= 0.3 is 0 Å². The Bertz CT molecular complexity index is 2990. The Kier molecular flexibility index (Phi) is 7.10.